The maximum Gasteiger partial charge on any atom is 0.262 e. The molecule has 0 unspecified atom stereocenters. The van der Waals surface area contributed by atoms with Crippen LogP contribution in [0.3, 0.4) is 0 Å². The van der Waals surface area contributed by atoms with Crippen molar-refractivity contribution >= 4 is 27.3 Å². The molecule has 124 valence electrons. The molecule has 0 radical (unpaired) electrons. The number of aromatic nitrogens is 1. The lowest BCUT2D eigenvalue weighted by Gasteiger charge is -2.09. The summed E-state index contributed by atoms with van der Waals surface area (Å²) in [7, 11) is -3.74. The summed E-state index contributed by atoms with van der Waals surface area (Å²) in [6.07, 6.45) is 0. The summed E-state index contributed by atoms with van der Waals surface area (Å²) in [5.41, 5.74) is 2.30. The average molecular weight is 363 g/mol. The standard InChI is InChI=1S/C17H15ClN2O3S/c1-11-8-9-13(10-15(11)18)17-16(12(2)23-19-17)20-24(21,22)14-6-4-3-5-7-14/h3-10,20H,1-2H3. The number of nitrogens with zero attached hydrogens (tertiary/aromatic N) is 1. The van der Waals surface area contributed by atoms with Crippen LogP contribution in [0.1, 0.15) is 11.3 Å². The number of sulfonamides is 1. The third kappa shape index (κ3) is 3.16. The molecule has 7 heteroatoms. The fourth-order valence-corrected chi connectivity index (χ4v) is 3.55. The van der Waals surface area contributed by atoms with E-state index >= 15 is 0 Å². The molecule has 0 aliphatic heterocycles. The van der Waals surface area contributed by atoms with Crippen LogP contribution < -0.4 is 4.72 Å². The van der Waals surface area contributed by atoms with Crippen LogP contribution in [0.4, 0.5) is 5.69 Å². The van der Waals surface area contributed by atoms with Crippen LogP contribution in [-0.2, 0) is 10.0 Å². The first-order chi connectivity index (χ1) is 11.4. The highest BCUT2D eigenvalue weighted by atomic mass is 35.5. The van der Waals surface area contributed by atoms with Crippen LogP contribution in [0, 0.1) is 13.8 Å². The summed E-state index contributed by atoms with van der Waals surface area (Å²) in [4.78, 5) is 0.165. The summed E-state index contributed by atoms with van der Waals surface area (Å²) in [5, 5.41) is 4.55. The van der Waals surface area contributed by atoms with Crippen LogP contribution in [0.2, 0.25) is 5.02 Å². The maximum atomic E-state index is 12.5. The van der Waals surface area contributed by atoms with Crippen molar-refractivity contribution in [2.24, 2.45) is 0 Å². The summed E-state index contributed by atoms with van der Waals surface area (Å²) >= 11 is 6.15. The topological polar surface area (TPSA) is 72.2 Å². The van der Waals surface area contributed by atoms with Gasteiger partial charge in [0.25, 0.3) is 10.0 Å². The average Bonchev–Trinajstić information content (AvgIpc) is 2.91. The van der Waals surface area contributed by atoms with Crippen molar-refractivity contribution in [3.8, 4) is 11.3 Å². The van der Waals surface area contributed by atoms with E-state index in [1.54, 1.807) is 31.2 Å². The number of hydrogen-bond donors (Lipinski definition) is 1. The number of hydrogen-bond acceptors (Lipinski definition) is 4. The Morgan fingerprint density at radius 3 is 2.46 bits per heavy atom. The molecule has 0 aliphatic rings. The lowest BCUT2D eigenvalue weighted by Crippen LogP contribution is -2.13. The number of aryl methyl sites for hydroxylation is 2. The molecule has 0 saturated heterocycles. The normalized spacial score (nSPS) is 11.5. The molecule has 1 heterocycles. The molecule has 0 bridgehead atoms. The third-order valence-electron chi connectivity index (χ3n) is 3.60. The molecule has 3 rings (SSSR count). The van der Waals surface area contributed by atoms with Crippen molar-refractivity contribution in [3.05, 3.63) is 64.9 Å². The van der Waals surface area contributed by atoms with Crippen molar-refractivity contribution in [2.75, 3.05) is 4.72 Å². The number of nitrogens with one attached hydrogen (secondary N) is 1. The fourth-order valence-electron chi connectivity index (χ4n) is 2.22. The quantitative estimate of drug-likeness (QED) is 0.746. The minimum Gasteiger partial charge on any atom is -0.359 e. The summed E-state index contributed by atoms with van der Waals surface area (Å²) < 4.78 is 32.8. The van der Waals surface area contributed by atoms with Crippen molar-refractivity contribution < 1.29 is 12.9 Å². The van der Waals surface area contributed by atoms with E-state index in [2.05, 4.69) is 9.88 Å². The van der Waals surface area contributed by atoms with E-state index in [1.165, 1.54) is 12.1 Å². The van der Waals surface area contributed by atoms with Crippen LogP contribution in [0.5, 0.6) is 0 Å². The van der Waals surface area contributed by atoms with Crippen molar-refractivity contribution in [2.45, 2.75) is 18.7 Å². The summed E-state index contributed by atoms with van der Waals surface area (Å²) in [5.74, 6) is 0.376. The highest BCUT2D eigenvalue weighted by molar-refractivity contribution is 7.92. The van der Waals surface area contributed by atoms with Gasteiger partial charge in [0, 0.05) is 10.6 Å². The molecule has 5 nitrogen and oxygen atoms in total. The number of benzene rings is 2. The predicted molar refractivity (Wildman–Crippen MR) is 93.7 cm³/mol. The molecule has 0 amide bonds. The van der Waals surface area contributed by atoms with Gasteiger partial charge >= 0.3 is 0 Å². The van der Waals surface area contributed by atoms with Crippen molar-refractivity contribution in [1.82, 2.24) is 5.16 Å². The molecule has 1 N–H and O–H groups in total. The van der Waals surface area contributed by atoms with Gasteiger partial charge in [-0.2, -0.15) is 0 Å². The van der Waals surface area contributed by atoms with E-state index in [-0.39, 0.29) is 4.90 Å². The Bertz CT molecular complexity index is 982. The number of anilines is 1. The fraction of sp³-hybridized carbons (Fsp3) is 0.118. The molecule has 0 aliphatic carbocycles. The summed E-state index contributed by atoms with van der Waals surface area (Å²) in [6.45, 7) is 3.54. The van der Waals surface area contributed by atoms with E-state index in [1.807, 2.05) is 19.1 Å². The molecular weight excluding hydrogens is 348 g/mol. The minimum absolute atomic E-state index is 0.165. The van der Waals surface area contributed by atoms with E-state index in [9.17, 15) is 8.42 Å². The van der Waals surface area contributed by atoms with Gasteiger partial charge in [0.05, 0.1) is 4.90 Å². The van der Waals surface area contributed by atoms with Crippen LogP contribution in [0.15, 0.2) is 57.9 Å². The van der Waals surface area contributed by atoms with Gasteiger partial charge in [-0.1, -0.05) is 47.1 Å². The molecule has 1 aromatic heterocycles. The maximum absolute atomic E-state index is 12.5. The van der Waals surface area contributed by atoms with Crippen molar-refractivity contribution in [3.63, 3.8) is 0 Å². The van der Waals surface area contributed by atoms with Gasteiger partial charge in [-0.15, -0.1) is 0 Å². The van der Waals surface area contributed by atoms with E-state index in [0.29, 0.717) is 27.7 Å². The third-order valence-corrected chi connectivity index (χ3v) is 5.37. The Morgan fingerprint density at radius 2 is 1.79 bits per heavy atom. The second-order valence-corrected chi connectivity index (χ2v) is 7.43. The first-order valence-electron chi connectivity index (χ1n) is 7.19. The van der Waals surface area contributed by atoms with E-state index in [0.717, 1.165) is 5.56 Å². The number of rotatable bonds is 4. The molecule has 0 atom stereocenters. The zero-order chi connectivity index (χ0) is 17.3. The van der Waals surface area contributed by atoms with Gasteiger partial charge in [0.15, 0.2) is 5.76 Å². The molecule has 2 aromatic carbocycles. The minimum atomic E-state index is -3.74. The monoisotopic (exact) mass is 362 g/mol. The zero-order valence-electron chi connectivity index (χ0n) is 13.1. The van der Waals surface area contributed by atoms with Gasteiger partial charge in [0.2, 0.25) is 0 Å². The van der Waals surface area contributed by atoms with E-state index in [4.69, 9.17) is 16.1 Å². The Morgan fingerprint density at radius 1 is 1.08 bits per heavy atom. The largest absolute Gasteiger partial charge is 0.359 e. The van der Waals surface area contributed by atoms with Gasteiger partial charge in [-0.05, 0) is 37.6 Å². The first-order valence-corrected chi connectivity index (χ1v) is 9.05. The molecule has 0 spiro atoms. The first kappa shape index (κ1) is 16.5. The molecular formula is C17H15ClN2O3S. The van der Waals surface area contributed by atoms with Gasteiger partial charge in [-0.25, -0.2) is 8.42 Å². The highest BCUT2D eigenvalue weighted by Crippen LogP contribution is 2.33. The molecule has 3 aromatic rings. The predicted octanol–water partition coefficient (Wildman–Crippen LogP) is 4.41. The lowest BCUT2D eigenvalue weighted by molar-refractivity contribution is 0.400. The Kier molecular flexibility index (Phi) is 4.34. The van der Waals surface area contributed by atoms with Gasteiger partial charge in [-0.3, -0.25) is 4.72 Å². The lowest BCUT2D eigenvalue weighted by atomic mass is 10.1. The smallest absolute Gasteiger partial charge is 0.262 e. The Balaban J connectivity index is 2.04. The highest BCUT2D eigenvalue weighted by Gasteiger charge is 2.22. The van der Waals surface area contributed by atoms with Gasteiger partial charge in [0.1, 0.15) is 11.4 Å². The summed E-state index contributed by atoms with van der Waals surface area (Å²) in [6, 6.07) is 13.5. The van der Waals surface area contributed by atoms with E-state index < -0.39 is 10.0 Å². The van der Waals surface area contributed by atoms with Crippen LogP contribution >= 0.6 is 11.6 Å². The molecule has 0 saturated carbocycles. The second kappa shape index (κ2) is 6.30. The Labute approximate surface area is 145 Å². The second-order valence-electron chi connectivity index (χ2n) is 5.34. The molecule has 0 fully saturated rings. The van der Waals surface area contributed by atoms with Gasteiger partial charge < -0.3 is 4.52 Å². The van der Waals surface area contributed by atoms with Crippen LogP contribution in [0.25, 0.3) is 11.3 Å². The SMILES string of the molecule is Cc1ccc(-c2noc(C)c2NS(=O)(=O)c2ccccc2)cc1Cl. The molecule has 24 heavy (non-hydrogen) atoms. The van der Waals surface area contributed by atoms with Crippen molar-refractivity contribution in [1.29, 1.82) is 0 Å². The number of halogens is 1. The van der Waals surface area contributed by atoms with Crippen LogP contribution in [-0.4, -0.2) is 13.6 Å². The zero-order valence-corrected chi connectivity index (χ0v) is 14.6. The Hall–Kier alpha value is -2.31.